The number of halogens is 1. The Morgan fingerprint density at radius 1 is 1.50 bits per heavy atom. The number of carboxylic acids is 1. The molecular formula is C14H22BrN3O2. The van der Waals surface area contributed by atoms with Gasteiger partial charge in [0.2, 0.25) is 0 Å². The second-order valence-corrected chi connectivity index (χ2v) is 6.11. The lowest BCUT2D eigenvalue weighted by Crippen LogP contribution is -2.33. The van der Waals surface area contributed by atoms with E-state index in [2.05, 4.69) is 39.8 Å². The lowest BCUT2D eigenvalue weighted by molar-refractivity contribution is -0.142. The molecule has 0 amide bonds. The van der Waals surface area contributed by atoms with Crippen molar-refractivity contribution in [3.63, 3.8) is 0 Å². The highest BCUT2D eigenvalue weighted by Gasteiger charge is 2.36. The molecule has 0 radical (unpaired) electrons. The highest BCUT2D eigenvalue weighted by Crippen LogP contribution is 2.29. The summed E-state index contributed by atoms with van der Waals surface area (Å²) in [7, 11) is 0. The Kier molecular flexibility index (Phi) is 4.86. The Labute approximate surface area is 128 Å². The molecule has 1 N–H and O–H groups in total. The minimum Gasteiger partial charge on any atom is -0.481 e. The average molecular weight is 344 g/mol. The monoisotopic (exact) mass is 343 g/mol. The summed E-state index contributed by atoms with van der Waals surface area (Å²) in [4.78, 5) is 13.4. The third-order valence-electron chi connectivity index (χ3n) is 4.25. The molecule has 2 heterocycles. The van der Waals surface area contributed by atoms with Gasteiger partial charge in [-0.2, -0.15) is 5.10 Å². The largest absolute Gasteiger partial charge is 0.481 e. The van der Waals surface area contributed by atoms with E-state index in [-0.39, 0.29) is 12.0 Å². The van der Waals surface area contributed by atoms with Gasteiger partial charge in [0.15, 0.2) is 0 Å². The van der Waals surface area contributed by atoms with Crippen LogP contribution in [0, 0.1) is 5.92 Å². The second-order valence-electron chi connectivity index (χ2n) is 5.32. The van der Waals surface area contributed by atoms with E-state index in [1.165, 1.54) is 0 Å². The minimum absolute atomic E-state index is 0.0738. The average Bonchev–Trinajstić information content (AvgIpc) is 2.93. The van der Waals surface area contributed by atoms with Gasteiger partial charge in [-0.25, -0.2) is 0 Å². The molecule has 0 aromatic carbocycles. The fourth-order valence-electron chi connectivity index (χ4n) is 2.92. The van der Waals surface area contributed by atoms with Gasteiger partial charge >= 0.3 is 5.97 Å². The number of hydrogen-bond acceptors (Lipinski definition) is 3. The smallest absolute Gasteiger partial charge is 0.308 e. The number of aliphatic carboxylic acids is 1. The lowest BCUT2D eigenvalue weighted by atomic mass is 10.0. The summed E-state index contributed by atoms with van der Waals surface area (Å²) < 4.78 is 3.09. The molecular weight excluding hydrogens is 322 g/mol. The van der Waals surface area contributed by atoms with Crippen molar-refractivity contribution in [1.82, 2.24) is 14.7 Å². The molecule has 2 atom stereocenters. The van der Waals surface area contributed by atoms with E-state index in [0.29, 0.717) is 0 Å². The molecule has 1 fully saturated rings. The number of aryl methyl sites for hydroxylation is 2. The molecule has 5 nitrogen and oxygen atoms in total. The minimum atomic E-state index is -0.683. The number of likely N-dealkylation sites (tertiary alicyclic amines) is 1. The molecule has 1 aromatic heterocycles. The van der Waals surface area contributed by atoms with Crippen LogP contribution in [-0.4, -0.2) is 38.3 Å². The van der Waals surface area contributed by atoms with Crippen LogP contribution < -0.4 is 0 Å². The normalized spacial score (nSPS) is 23.4. The highest BCUT2D eigenvalue weighted by molar-refractivity contribution is 9.10. The van der Waals surface area contributed by atoms with Crippen LogP contribution in [0.2, 0.25) is 0 Å². The summed E-state index contributed by atoms with van der Waals surface area (Å²) in [5, 5.41) is 13.8. The number of nitrogens with zero attached hydrogens (tertiary/aromatic N) is 3. The first-order valence-electron chi connectivity index (χ1n) is 7.20. The Bertz CT molecular complexity index is 501. The van der Waals surface area contributed by atoms with Gasteiger partial charge < -0.3 is 5.11 Å². The quantitative estimate of drug-likeness (QED) is 0.892. The van der Waals surface area contributed by atoms with E-state index in [9.17, 15) is 9.90 Å². The summed E-state index contributed by atoms with van der Waals surface area (Å²) >= 11 is 3.65. The molecule has 0 spiro atoms. The Morgan fingerprint density at radius 2 is 2.20 bits per heavy atom. The van der Waals surface area contributed by atoms with Crippen LogP contribution in [0.25, 0.3) is 0 Å². The number of carboxylic acid groups (broad SMARTS) is 1. The van der Waals surface area contributed by atoms with Crippen LogP contribution in [-0.2, 0) is 24.3 Å². The fourth-order valence-corrected chi connectivity index (χ4v) is 3.61. The van der Waals surface area contributed by atoms with Gasteiger partial charge in [0.25, 0.3) is 0 Å². The topological polar surface area (TPSA) is 58.4 Å². The van der Waals surface area contributed by atoms with Crippen molar-refractivity contribution in [1.29, 1.82) is 0 Å². The predicted molar refractivity (Wildman–Crippen MR) is 80.6 cm³/mol. The Hall–Kier alpha value is -0.880. The summed E-state index contributed by atoms with van der Waals surface area (Å²) in [6, 6.07) is 0.0738. The van der Waals surface area contributed by atoms with Crippen LogP contribution in [0.15, 0.2) is 4.47 Å². The third kappa shape index (κ3) is 2.76. The van der Waals surface area contributed by atoms with Crippen LogP contribution in [0.4, 0.5) is 0 Å². The van der Waals surface area contributed by atoms with Crippen LogP contribution in [0.3, 0.4) is 0 Å². The van der Waals surface area contributed by atoms with Crippen molar-refractivity contribution in [3.05, 3.63) is 15.9 Å². The molecule has 1 aliphatic rings. The Morgan fingerprint density at radius 3 is 2.70 bits per heavy atom. The van der Waals surface area contributed by atoms with Crippen molar-refractivity contribution >= 4 is 21.9 Å². The SMILES string of the molecule is CCc1nn(CC)c(CN2CCC(C(=O)O)C2C)c1Br. The second kappa shape index (κ2) is 6.26. The third-order valence-corrected chi connectivity index (χ3v) is 5.17. The summed E-state index contributed by atoms with van der Waals surface area (Å²) in [5.41, 5.74) is 2.23. The molecule has 1 aromatic rings. The molecule has 112 valence electrons. The van der Waals surface area contributed by atoms with Crippen molar-refractivity contribution in [3.8, 4) is 0 Å². The zero-order valence-corrected chi connectivity index (χ0v) is 13.9. The zero-order valence-electron chi connectivity index (χ0n) is 12.3. The van der Waals surface area contributed by atoms with E-state index in [1.807, 2.05) is 11.6 Å². The summed E-state index contributed by atoms with van der Waals surface area (Å²) in [5.74, 6) is -0.935. The van der Waals surface area contributed by atoms with Gasteiger partial charge in [-0.05, 0) is 49.2 Å². The van der Waals surface area contributed by atoms with Crippen LogP contribution in [0.1, 0.15) is 38.6 Å². The van der Waals surface area contributed by atoms with Gasteiger partial charge in [0, 0.05) is 19.1 Å². The predicted octanol–water partition coefficient (Wildman–Crippen LogP) is 2.52. The van der Waals surface area contributed by atoms with Crippen molar-refractivity contribution < 1.29 is 9.90 Å². The van der Waals surface area contributed by atoms with Crippen molar-refractivity contribution in [2.75, 3.05) is 6.54 Å². The van der Waals surface area contributed by atoms with E-state index in [4.69, 9.17) is 0 Å². The van der Waals surface area contributed by atoms with E-state index in [1.54, 1.807) is 0 Å². The first kappa shape index (κ1) is 15.5. The molecule has 20 heavy (non-hydrogen) atoms. The standard InChI is InChI=1S/C14H22BrN3O2/c1-4-11-13(15)12(18(5-2)16-11)8-17-7-6-10(9(17)3)14(19)20/h9-10H,4-8H2,1-3H3,(H,19,20). The zero-order chi connectivity index (χ0) is 14.9. The molecule has 0 bridgehead atoms. The first-order chi connectivity index (χ1) is 9.49. The molecule has 6 heteroatoms. The van der Waals surface area contributed by atoms with Crippen LogP contribution >= 0.6 is 15.9 Å². The number of rotatable bonds is 5. The molecule has 1 aliphatic heterocycles. The Balaban J connectivity index is 2.18. The maximum Gasteiger partial charge on any atom is 0.308 e. The first-order valence-corrected chi connectivity index (χ1v) is 7.99. The molecule has 0 saturated carbocycles. The summed E-state index contributed by atoms with van der Waals surface area (Å²) in [6.07, 6.45) is 1.63. The van der Waals surface area contributed by atoms with Gasteiger partial charge in [-0.1, -0.05) is 6.92 Å². The van der Waals surface area contributed by atoms with E-state index >= 15 is 0 Å². The van der Waals surface area contributed by atoms with Crippen molar-refractivity contribution in [2.24, 2.45) is 5.92 Å². The van der Waals surface area contributed by atoms with E-state index in [0.717, 1.165) is 48.3 Å². The molecule has 0 aliphatic carbocycles. The van der Waals surface area contributed by atoms with Crippen molar-refractivity contribution in [2.45, 2.75) is 52.7 Å². The number of carbonyl (C=O) groups is 1. The van der Waals surface area contributed by atoms with Gasteiger partial charge in [-0.15, -0.1) is 0 Å². The van der Waals surface area contributed by atoms with Gasteiger partial charge in [-0.3, -0.25) is 14.4 Å². The highest BCUT2D eigenvalue weighted by atomic mass is 79.9. The van der Waals surface area contributed by atoms with E-state index < -0.39 is 5.97 Å². The number of aromatic nitrogens is 2. The maximum atomic E-state index is 11.2. The van der Waals surface area contributed by atoms with Crippen LogP contribution in [0.5, 0.6) is 0 Å². The van der Waals surface area contributed by atoms with Gasteiger partial charge in [0.05, 0.1) is 21.8 Å². The molecule has 2 unspecified atom stereocenters. The summed E-state index contributed by atoms with van der Waals surface area (Å²) in [6.45, 7) is 8.60. The number of hydrogen-bond donors (Lipinski definition) is 1. The van der Waals surface area contributed by atoms with Gasteiger partial charge in [0.1, 0.15) is 0 Å². The fraction of sp³-hybridized carbons (Fsp3) is 0.714. The maximum absolute atomic E-state index is 11.2. The lowest BCUT2D eigenvalue weighted by Gasteiger charge is -2.23. The molecule has 2 rings (SSSR count). The molecule has 1 saturated heterocycles.